The summed E-state index contributed by atoms with van der Waals surface area (Å²) in [6, 6.07) is 10.9. The molecule has 3 rings (SSSR count). The van der Waals surface area contributed by atoms with Gasteiger partial charge in [0.2, 0.25) is 5.91 Å². The molecule has 0 aromatic heterocycles. The summed E-state index contributed by atoms with van der Waals surface area (Å²) in [7, 11) is -3.65. The number of aryl methyl sites for hydroxylation is 2. The summed E-state index contributed by atoms with van der Waals surface area (Å²) in [6.07, 6.45) is 0.791. The zero-order valence-electron chi connectivity index (χ0n) is 14.7. The van der Waals surface area contributed by atoms with Gasteiger partial charge in [0.1, 0.15) is 0 Å². The van der Waals surface area contributed by atoms with Gasteiger partial charge in [-0.25, -0.2) is 8.42 Å². The van der Waals surface area contributed by atoms with Gasteiger partial charge in [-0.15, -0.1) is 0 Å². The SMILES string of the molecule is CC(=O)N1CCc2ccc(NS(=O)(=O)c3cc(C)ccc3C)cc2C1. The molecular weight excluding hydrogens is 336 g/mol. The van der Waals surface area contributed by atoms with Crippen LogP contribution in [0.15, 0.2) is 41.3 Å². The molecule has 0 radical (unpaired) electrons. The number of carbonyl (C=O) groups excluding carboxylic acids is 1. The van der Waals surface area contributed by atoms with Gasteiger partial charge in [0.05, 0.1) is 4.90 Å². The molecule has 0 saturated carbocycles. The van der Waals surface area contributed by atoms with Crippen molar-refractivity contribution >= 4 is 21.6 Å². The fourth-order valence-electron chi connectivity index (χ4n) is 3.10. The first kappa shape index (κ1) is 17.5. The molecule has 0 bridgehead atoms. The minimum absolute atomic E-state index is 0.0343. The summed E-state index contributed by atoms with van der Waals surface area (Å²) in [5, 5.41) is 0. The maximum Gasteiger partial charge on any atom is 0.262 e. The van der Waals surface area contributed by atoms with Crippen molar-refractivity contribution in [2.24, 2.45) is 0 Å². The van der Waals surface area contributed by atoms with E-state index in [2.05, 4.69) is 4.72 Å². The molecule has 0 unspecified atom stereocenters. The van der Waals surface area contributed by atoms with Crippen LogP contribution in [-0.4, -0.2) is 25.8 Å². The first-order chi connectivity index (χ1) is 11.8. The Morgan fingerprint density at radius 2 is 1.84 bits per heavy atom. The zero-order chi connectivity index (χ0) is 18.2. The molecule has 0 fully saturated rings. The van der Waals surface area contributed by atoms with Gasteiger partial charge in [-0.1, -0.05) is 18.2 Å². The number of nitrogens with one attached hydrogen (secondary N) is 1. The highest BCUT2D eigenvalue weighted by molar-refractivity contribution is 7.92. The smallest absolute Gasteiger partial charge is 0.262 e. The van der Waals surface area contributed by atoms with Gasteiger partial charge in [0.15, 0.2) is 0 Å². The first-order valence-electron chi connectivity index (χ1n) is 8.23. The van der Waals surface area contributed by atoms with Gasteiger partial charge in [-0.05, 0) is 60.7 Å². The van der Waals surface area contributed by atoms with Gasteiger partial charge in [-0.3, -0.25) is 9.52 Å². The third-order valence-electron chi connectivity index (χ3n) is 4.55. The number of carbonyl (C=O) groups is 1. The molecule has 1 N–H and O–H groups in total. The van der Waals surface area contributed by atoms with Crippen LogP contribution in [0.2, 0.25) is 0 Å². The Bertz CT molecular complexity index is 936. The Kier molecular flexibility index (Phi) is 4.56. The van der Waals surface area contributed by atoms with E-state index in [0.29, 0.717) is 24.3 Å². The molecule has 25 heavy (non-hydrogen) atoms. The monoisotopic (exact) mass is 358 g/mol. The van der Waals surface area contributed by atoms with Gasteiger partial charge >= 0.3 is 0 Å². The van der Waals surface area contributed by atoms with E-state index >= 15 is 0 Å². The van der Waals surface area contributed by atoms with Crippen molar-refractivity contribution in [3.05, 3.63) is 58.7 Å². The molecular formula is C19H22N2O3S. The van der Waals surface area contributed by atoms with E-state index in [1.807, 2.05) is 31.2 Å². The highest BCUT2D eigenvalue weighted by atomic mass is 32.2. The van der Waals surface area contributed by atoms with Gasteiger partial charge < -0.3 is 4.90 Å². The zero-order valence-corrected chi connectivity index (χ0v) is 15.5. The number of hydrogen-bond acceptors (Lipinski definition) is 3. The molecule has 0 spiro atoms. The fourth-order valence-corrected chi connectivity index (χ4v) is 4.48. The Balaban J connectivity index is 1.90. The second-order valence-corrected chi connectivity index (χ2v) is 8.20. The third kappa shape index (κ3) is 3.69. The lowest BCUT2D eigenvalue weighted by molar-refractivity contribution is -0.129. The van der Waals surface area contributed by atoms with E-state index in [-0.39, 0.29) is 10.8 Å². The number of amides is 1. The van der Waals surface area contributed by atoms with E-state index in [4.69, 9.17) is 0 Å². The maximum atomic E-state index is 12.7. The molecule has 0 aliphatic carbocycles. The fraction of sp³-hybridized carbons (Fsp3) is 0.316. The van der Waals surface area contributed by atoms with E-state index in [9.17, 15) is 13.2 Å². The normalized spacial score (nSPS) is 14.1. The van der Waals surface area contributed by atoms with Crippen LogP contribution in [0.1, 0.15) is 29.2 Å². The molecule has 5 nitrogen and oxygen atoms in total. The van der Waals surface area contributed by atoms with E-state index in [1.165, 1.54) is 0 Å². The van der Waals surface area contributed by atoms with Crippen LogP contribution in [0, 0.1) is 13.8 Å². The molecule has 2 aromatic rings. The molecule has 0 atom stereocenters. The summed E-state index contributed by atoms with van der Waals surface area (Å²) in [5.74, 6) is 0.0343. The number of benzene rings is 2. The average Bonchev–Trinajstić information content (AvgIpc) is 2.55. The molecule has 6 heteroatoms. The van der Waals surface area contributed by atoms with Crippen LogP contribution in [-0.2, 0) is 27.8 Å². The summed E-state index contributed by atoms with van der Waals surface area (Å²) in [5.41, 5.74) is 4.27. The van der Waals surface area contributed by atoms with Crippen molar-refractivity contribution in [2.75, 3.05) is 11.3 Å². The molecule has 1 amide bonds. The molecule has 2 aromatic carbocycles. The lowest BCUT2D eigenvalue weighted by Crippen LogP contribution is -2.34. The molecule has 1 aliphatic heterocycles. The van der Waals surface area contributed by atoms with Crippen molar-refractivity contribution in [1.29, 1.82) is 0 Å². The van der Waals surface area contributed by atoms with E-state index < -0.39 is 10.0 Å². The lowest BCUT2D eigenvalue weighted by atomic mass is 9.99. The van der Waals surface area contributed by atoms with Crippen LogP contribution < -0.4 is 4.72 Å². The highest BCUT2D eigenvalue weighted by Gasteiger charge is 2.21. The van der Waals surface area contributed by atoms with Gasteiger partial charge in [0, 0.05) is 25.7 Å². The maximum absolute atomic E-state index is 12.7. The minimum atomic E-state index is -3.65. The van der Waals surface area contributed by atoms with Crippen molar-refractivity contribution in [3.63, 3.8) is 0 Å². The van der Waals surface area contributed by atoms with Gasteiger partial charge in [0.25, 0.3) is 10.0 Å². The third-order valence-corrected chi connectivity index (χ3v) is 6.07. The topological polar surface area (TPSA) is 66.5 Å². The summed E-state index contributed by atoms with van der Waals surface area (Å²) in [6.45, 7) is 6.43. The summed E-state index contributed by atoms with van der Waals surface area (Å²) in [4.78, 5) is 13.6. The molecule has 0 saturated heterocycles. The Hall–Kier alpha value is -2.34. The Morgan fingerprint density at radius 1 is 1.08 bits per heavy atom. The molecule has 132 valence electrons. The first-order valence-corrected chi connectivity index (χ1v) is 9.72. The second kappa shape index (κ2) is 6.52. The lowest BCUT2D eigenvalue weighted by Gasteiger charge is -2.28. The standard InChI is InChI=1S/C19H22N2O3S/c1-13-4-5-14(2)19(10-13)25(23,24)20-18-7-6-16-8-9-21(15(3)22)12-17(16)11-18/h4-7,10-11,20H,8-9,12H2,1-3H3. The largest absolute Gasteiger partial charge is 0.338 e. The van der Waals surface area contributed by atoms with Crippen LogP contribution in [0.3, 0.4) is 0 Å². The predicted octanol–water partition coefficient (Wildman–Crippen LogP) is 3.01. The highest BCUT2D eigenvalue weighted by Crippen LogP contribution is 2.25. The van der Waals surface area contributed by atoms with Crippen LogP contribution in [0.4, 0.5) is 5.69 Å². The number of anilines is 1. The summed E-state index contributed by atoms with van der Waals surface area (Å²) < 4.78 is 28.1. The van der Waals surface area contributed by atoms with Crippen molar-refractivity contribution in [3.8, 4) is 0 Å². The quantitative estimate of drug-likeness (QED) is 0.917. The number of fused-ring (bicyclic) bond motifs is 1. The number of rotatable bonds is 3. The summed E-state index contributed by atoms with van der Waals surface area (Å²) >= 11 is 0. The average molecular weight is 358 g/mol. The van der Waals surface area contributed by atoms with Crippen LogP contribution >= 0.6 is 0 Å². The van der Waals surface area contributed by atoms with E-state index in [1.54, 1.807) is 30.9 Å². The van der Waals surface area contributed by atoms with Crippen molar-refractivity contribution in [1.82, 2.24) is 4.90 Å². The predicted molar refractivity (Wildman–Crippen MR) is 98.0 cm³/mol. The number of sulfonamides is 1. The Labute approximate surface area is 148 Å². The van der Waals surface area contributed by atoms with E-state index in [0.717, 1.165) is 23.1 Å². The van der Waals surface area contributed by atoms with Crippen LogP contribution in [0.5, 0.6) is 0 Å². The molecule has 1 heterocycles. The second-order valence-electron chi connectivity index (χ2n) is 6.55. The minimum Gasteiger partial charge on any atom is -0.338 e. The van der Waals surface area contributed by atoms with Gasteiger partial charge in [-0.2, -0.15) is 0 Å². The van der Waals surface area contributed by atoms with Crippen LogP contribution in [0.25, 0.3) is 0 Å². The van der Waals surface area contributed by atoms with Crippen molar-refractivity contribution in [2.45, 2.75) is 38.6 Å². The number of nitrogens with zero attached hydrogens (tertiary/aromatic N) is 1. The molecule has 1 aliphatic rings. The number of hydrogen-bond donors (Lipinski definition) is 1. The van der Waals surface area contributed by atoms with Crippen molar-refractivity contribution < 1.29 is 13.2 Å². The Morgan fingerprint density at radius 3 is 2.56 bits per heavy atom.